The summed E-state index contributed by atoms with van der Waals surface area (Å²) in [6.07, 6.45) is 0. The largest absolute Gasteiger partial charge is 0.455 e. The monoisotopic (exact) mass is 1140 g/mol. The summed E-state index contributed by atoms with van der Waals surface area (Å²) in [4.78, 5) is 17.7. The van der Waals surface area contributed by atoms with E-state index in [1.807, 2.05) is 48.5 Å². The lowest BCUT2D eigenvalue weighted by Gasteiger charge is -2.31. The molecule has 0 N–H and O–H groups in total. The molecule has 420 valence electrons. The van der Waals surface area contributed by atoms with E-state index in [0.29, 0.717) is 17.5 Å². The number of anilines is 3. The molecule has 1 aliphatic rings. The van der Waals surface area contributed by atoms with Crippen LogP contribution in [-0.2, 0) is 5.41 Å². The summed E-state index contributed by atoms with van der Waals surface area (Å²) in [6.45, 7) is 4.82. The third-order valence-electron chi connectivity index (χ3n) is 17.7. The zero-order valence-corrected chi connectivity index (χ0v) is 49.2. The summed E-state index contributed by atoms with van der Waals surface area (Å²) in [5.41, 5.74) is 26.1. The summed E-state index contributed by atoms with van der Waals surface area (Å²) >= 11 is 0. The van der Waals surface area contributed by atoms with Crippen molar-refractivity contribution in [2.24, 2.45) is 0 Å². The lowest BCUT2D eigenvalue weighted by molar-refractivity contribution is 0.662. The Morgan fingerprint density at radius 1 is 0.270 bits per heavy atom. The quantitative estimate of drug-likeness (QED) is 0.122. The molecule has 0 fully saturated rings. The molecule has 0 spiro atoms. The van der Waals surface area contributed by atoms with Gasteiger partial charge in [-0.3, -0.25) is 0 Å². The van der Waals surface area contributed by atoms with Crippen LogP contribution in [-0.4, -0.2) is 15.0 Å². The molecule has 0 bridgehead atoms. The fourth-order valence-corrected chi connectivity index (χ4v) is 13.5. The van der Waals surface area contributed by atoms with Gasteiger partial charge in [0, 0.05) is 55.5 Å². The summed E-state index contributed by atoms with van der Waals surface area (Å²) in [6, 6.07) is 113. The molecule has 0 saturated carbocycles. The minimum absolute atomic E-state index is 0.367. The topological polar surface area (TPSA) is 55.1 Å². The minimum Gasteiger partial charge on any atom is -0.455 e. The molecule has 0 amide bonds. The molecule has 0 unspecified atom stereocenters. The highest BCUT2D eigenvalue weighted by Crippen LogP contribution is 2.61. The lowest BCUT2D eigenvalue weighted by Crippen LogP contribution is -2.17. The van der Waals surface area contributed by atoms with Gasteiger partial charge in [-0.05, 0) is 126 Å². The molecule has 15 aromatic rings. The Morgan fingerprint density at radius 3 is 1.17 bits per heavy atom. The number of nitrogens with zero attached hydrogens (tertiary/aromatic N) is 4. The molecule has 16 rings (SSSR count). The molecule has 2 heterocycles. The summed E-state index contributed by atoms with van der Waals surface area (Å²) < 4.78 is 6.55. The third kappa shape index (κ3) is 9.39. The summed E-state index contributed by atoms with van der Waals surface area (Å²) in [5.74, 6) is 1.86. The normalized spacial score (nSPS) is 12.2. The van der Waals surface area contributed by atoms with Crippen molar-refractivity contribution in [3.05, 3.63) is 327 Å². The Balaban J connectivity index is 0.901. The third-order valence-corrected chi connectivity index (χ3v) is 17.7. The number of benzene rings is 13. The van der Waals surface area contributed by atoms with Crippen molar-refractivity contribution in [1.82, 2.24) is 15.0 Å². The molecule has 0 radical (unpaired) electrons. The summed E-state index contributed by atoms with van der Waals surface area (Å²) in [7, 11) is 0. The first-order valence-corrected chi connectivity index (χ1v) is 30.4. The van der Waals surface area contributed by atoms with Crippen LogP contribution in [0.2, 0.25) is 0 Å². The number of furan rings is 1. The second kappa shape index (κ2) is 22.1. The predicted octanol–water partition coefficient (Wildman–Crippen LogP) is 22.6. The molecule has 1 aliphatic carbocycles. The SMILES string of the molecule is CC1(C)c2ccccc2-c2c(-c3ccccc3)c(-c3ccc(-c4nc(-c5ccccc5)nc(-c5ccccc5)n4)cc3)c(-c3ccc(N(c4ccc(-c5ccccc5)cc4)c4ccc(-c5cccc6c5oc5ccccc56)cc4)cc3)c(-c3ccccc3)c21. The van der Waals surface area contributed by atoms with Gasteiger partial charge in [-0.1, -0.05) is 287 Å². The standard InChI is InChI=1S/C84H58N4O/c1-84(2)72-37-20-18-34-71(72)78-76(58-25-10-4-11-26-58)74(60-39-41-64(42-40-60)83-86-81(62-29-14-6-15-30-62)85-82(87-83)63-31-16-7-17-32-63)75(77(79(78)84)59-27-12-5-13-28-59)61-47-53-67(54-48-61)88(65-49-43-56(44-50-65)55-23-8-3-9-24-55)66-51-45-57(46-52-66)68-35-22-36-70-69-33-19-21-38-73(69)89-80(68)70/h3-54H,1-2H3. The smallest absolute Gasteiger partial charge is 0.164 e. The molecule has 0 saturated heterocycles. The van der Waals surface area contributed by atoms with Crippen LogP contribution in [0, 0.1) is 0 Å². The maximum absolute atomic E-state index is 6.55. The zero-order valence-electron chi connectivity index (χ0n) is 49.2. The number of hydrogen-bond acceptors (Lipinski definition) is 5. The van der Waals surface area contributed by atoms with E-state index < -0.39 is 0 Å². The van der Waals surface area contributed by atoms with Gasteiger partial charge < -0.3 is 9.32 Å². The van der Waals surface area contributed by atoms with Crippen LogP contribution in [0.3, 0.4) is 0 Å². The molecular weight excluding hydrogens is 1080 g/mol. The zero-order chi connectivity index (χ0) is 59.4. The first kappa shape index (κ1) is 53.0. The van der Waals surface area contributed by atoms with Crippen LogP contribution < -0.4 is 4.90 Å². The van der Waals surface area contributed by atoms with Crippen molar-refractivity contribution in [2.75, 3.05) is 4.90 Å². The van der Waals surface area contributed by atoms with Gasteiger partial charge in [0.15, 0.2) is 17.5 Å². The number of rotatable bonds is 12. The van der Waals surface area contributed by atoms with E-state index in [9.17, 15) is 0 Å². The highest BCUT2D eigenvalue weighted by atomic mass is 16.3. The number of aromatic nitrogens is 3. The lowest BCUT2D eigenvalue weighted by atomic mass is 9.72. The van der Waals surface area contributed by atoms with Gasteiger partial charge in [0.1, 0.15) is 11.2 Å². The summed E-state index contributed by atoms with van der Waals surface area (Å²) in [5, 5.41) is 2.23. The molecule has 5 heteroatoms. The van der Waals surface area contributed by atoms with E-state index in [1.165, 1.54) is 38.9 Å². The Kier molecular flexibility index (Phi) is 13.1. The van der Waals surface area contributed by atoms with Crippen molar-refractivity contribution < 1.29 is 4.42 Å². The van der Waals surface area contributed by atoms with Crippen LogP contribution >= 0.6 is 0 Å². The second-order valence-corrected chi connectivity index (χ2v) is 23.4. The second-order valence-electron chi connectivity index (χ2n) is 23.4. The van der Waals surface area contributed by atoms with Crippen molar-refractivity contribution >= 4 is 39.0 Å². The molecule has 2 aromatic heterocycles. The van der Waals surface area contributed by atoms with E-state index in [0.717, 1.165) is 106 Å². The van der Waals surface area contributed by atoms with Gasteiger partial charge in [-0.25, -0.2) is 15.0 Å². The maximum atomic E-state index is 6.55. The minimum atomic E-state index is -0.367. The van der Waals surface area contributed by atoms with Crippen molar-refractivity contribution in [2.45, 2.75) is 19.3 Å². The van der Waals surface area contributed by atoms with E-state index >= 15 is 0 Å². The molecule has 5 nitrogen and oxygen atoms in total. The van der Waals surface area contributed by atoms with Gasteiger partial charge in [0.25, 0.3) is 0 Å². The van der Waals surface area contributed by atoms with Crippen molar-refractivity contribution in [1.29, 1.82) is 0 Å². The Morgan fingerprint density at radius 2 is 0.618 bits per heavy atom. The first-order chi connectivity index (χ1) is 43.9. The van der Waals surface area contributed by atoms with E-state index in [4.69, 9.17) is 19.4 Å². The van der Waals surface area contributed by atoms with Crippen molar-refractivity contribution in [3.63, 3.8) is 0 Å². The van der Waals surface area contributed by atoms with Gasteiger partial charge in [0.2, 0.25) is 0 Å². The maximum Gasteiger partial charge on any atom is 0.164 e. The number of hydrogen-bond donors (Lipinski definition) is 0. The van der Waals surface area contributed by atoms with Gasteiger partial charge in [-0.2, -0.15) is 0 Å². The fraction of sp³-hybridized carbons (Fsp3) is 0.0357. The average molecular weight is 1140 g/mol. The van der Waals surface area contributed by atoms with Crippen LogP contribution in [0.4, 0.5) is 17.1 Å². The Hall–Kier alpha value is -11.5. The molecule has 0 aliphatic heterocycles. The fourth-order valence-electron chi connectivity index (χ4n) is 13.5. The van der Waals surface area contributed by atoms with E-state index in [2.05, 4.69) is 286 Å². The van der Waals surface area contributed by atoms with Crippen LogP contribution in [0.5, 0.6) is 0 Å². The highest BCUT2D eigenvalue weighted by Gasteiger charge is 2.42. The Labute approximate surface area is 518 Å². The molecule has 89 heavy (non-hydrogen) atoms. The van der Waals surface area contributed by atoms with Gasteiger partial charge >= 0.3 is 0 Å². The predicted molar refractivity (Wildman–Crippen MR) is 368 cm³/mol. The van der Waals surface area contributed by atoms with Crippen LogP contribution in [0.15, 0.2) is 320 Å². The first-order valence-electron chi connectivity index (χ1n) is 30.4. The van der Waals surface area contributed by atoms with Crippen molar-refractivity contribution in [3.8, 4) is 112 Å². The molecule has 0 atom stereocenters. The Bertz CT molecular complexity index is 5030. The average Bonchev–Trinajstić information content (AvgIpc) is 1.59. The molecular formula is C84H58N4O. The molecule has 13 aromatic carbocycles. The number of fused-ring (bicyclic) bond motifs is 6. The van der Waals surface area contributed by atoms with Gasteiger partial charge in [-0.15, -0.1) is 0 Å². The van der Waals surface area contributed by atoms with Crippen LogP contribution in [0.25, 0.3) is 134 Å². The van der Waals surface area contributed by atoms with E-state index in [-0.39, 0.29) is 5.41 Å². The van der Waals surface area contributed by atoms with E-state index in [1.54, 1.807) is 0 Å². The van der Waals surface area contributed by atoms with Crippen LogP contribution in [0.1, 0.15) is 25.0 Å². The highest BCUT2D eigenvalue weighted by molar-refractivity contribution is 6.13. The van der Waals surface area contributed by atoms with Gasteiger partial charge in [0.05, 0.1) is 0 Å². The number of para-hydroxylation sites is 2.